The Labute approximate surface area is 141 Å². The highest BCUT2D eigenvalue weighted by Gasteiger charge is 2.28. The Morgan fingerprint density at radius 1 is 1.24 bits per heavy atom. The second-order valence-corrected chi connectivity index (χ2v) is 6.49. The van der Waals surface area contributed by atoms with E-state index in [9.17, 15) is 23.3 Å². The molecule has 0 unspecified atom stereocenters. The predicted octanol–water partition coefficient (Wildman–Crippen LogP) is 1.38. The highest BCUT2D eigenvalue weighted by atomic mass is 32.2. The van der Waals surface area contributed by atoms with Crippen LogP contribution in [0.25, 0.3) is 0 Å². The number of pyridine rings is 1. The fourth-order valence-electron chi connectivity index (χ4n) is 2.22. The predicted molar refractivity (Wildman–Crippen MR) is 85.8 cm³/mol. The average molecular weight is 362 g/mol. The summed E-state index contributed by atoms with van der Waals surface area (Å²) < 4.78 is 31.5. The van der Waals surface area contributed by atoms with E-state index in [1.54, 1.807) is 6.07 Å². The van der Waals surface area contributed by atoms with E-state index in [4.69, 9.17) is 4.55 Å². The molecule has 0 aliphatic carbocycles. The van der Waals surface area contributed by atoms with Crippen molar-refractivity contribution < 1.29 is 22.7 Å². The van der Waals surface area contributed by atoms with Gasteiger partial charge in [-0.1, -0.05) is 12.1 Å². The van der Waals surface area contributed by atoms with Crippen molar-refractivity contribution in [3.05, 3.63) is 58.3 Å². The van der Waals surface area contributed by atoms with E-state index < -0.39 is 20.9 Å². The molecule has 0 saturated heterocycles. The van der Waals surface area contributed by atoms with Crippen molar-refractivity contribution in [3.8, 4) is 0 Å². The molecular formula is C14H10N4O6S. The molecule has 0 spiro atoms. The fourth-order valence-corrected chi connectivity index (χ4v) is 2.74. The molecule has 0 bridgehead atoms. The standard InChI is InChI=1S/C14H10N4O6S/c19-14-7-12(9-2-1-3-11(6-9)25(22,23)24)16-17(14)13-5-4-10(8-15-13)18(20)21/h1-6,8H,7H2,(H,22,23,24). The number of nitro groups is 1. The van der Waals surface area contributed by atoms with Crippen LogP contribution in [0.5, 0.6) is 0 Å². The van der Waals surface area contributed by atoms with E-state index in [2.05, 4.69) is 10.1 Å². The molecule has 10 nitrogen and oxygen atoms in total. The normalized spacial score (nSPS) is 14.5. The van der Waals surface area contributed by atoms with Crippen LogP contribution in [0.4, 0.5) is 11.5 Å². The summed E-state index contributed by atoms with van der Waals surface area (Å²) in [6, 6.07) is 7.87. The van der Waals surface area contributed by atoms with Gasteiger partial charge in [0.2, 0.25) is 0 Å². The molecule has 1 aliphatic rings. The molecule has 1 aromatic heterocycles. The monoisotopic (exact) mass is 362 g/mol. The number of carbonyl (C=O) groups excluding carboxylic acids is 1. The highest BCUT2D eigenvalue weighted by Crippen LogP contribution is 2.23. The maximum absolute atomic E-state index is 12.1. The van der Waals surface area contributed by atoms with Crippen molar-refractivity contribution in [1.82, 2.24) is 4.98 Å². The van der Waals surface area contributed by atoms with Crippen molar-refractivity contribution in [2.45, 2.75) is 11.3 Å². The van der Waals surface area contributed by atoms with Crippen LogP contribution in [0.3, 0.4) is 0 Å². The maximum Gasteiger partial charge on any atom is 0.294 e. The lowest BCUT2D eigenvalue weighted by Crippen LogP contribution is -2.20. The third kappa shape index (κ3) is 3.36. The minimum absolute atomic E-state index is 0.104. The number of rotatable bonds is 4. The van der Waals surface area contributed by atoms with E-state index in [0.29, 0.717) is 5.56 Å². The van der Waals surface area contributed by atoms with Crippen molar-refractivity contribution in [2.24, 2.45) is 5.10 Å². The lowest BCUT2D eigenvalue weighted by atomic mass is 10.1. The van der Waals surface area contributed by atoms with Gasteiger partial charge in [-0.2, -0.15) is 18.5 Å². The summed E-state index contributed by atoms with van der Waals surface area (Å²) in [7, 11) is -4.38. The largest absolute Gasteiger partial charge is 0.294 e. The van der Waals surface area contributed by atoms with Gasteiger partial charge in [-0.15, -0.1) is 0 Å². The third-order valence-corrected chi connectivity index (χ3v) is 4.25. The smallest absolute Gasteiger partial charge is 0.282 e. The Kier molecular flexibility index (Phi) is 4.02. The molecule has 1 aromatic carbocycles. The zero-order valence-electron chi connectivity index (χ0n) is 12.4. The van der Waals surface area contributed by atoms with Gasteiger partial charge >= 0.3 is 0 Å². The molecule has 2 heterocycles. The van der Waals surface area contributed by atoms with Crippen molar-refractivity contribution in [2.75, 3.05) is 5.01 Å². The first-order valence-electron chi connectivity index (χ1n) is 6.84. The van der Waals surface area contributed by atoms with Crippen LogP contribution in [-0.4, -0.2) is 34.5 Å². The summed E-state index contributed by atoms with van der Waals surface area (Å²) >= 11 is 0. The van der Waals surface area contributed by atoms with Gasteiger partial charge in [-0.05, 0) is 23.8 Å². The van der Waals surface area contributed by atoms with Crippen molar-refractivity contribution >= 4 is 33.2 Å². The molecule has 0 fully saturated rings. The van der Waals surface area contributed by atoms with E-state index in [1.807, 2.05) is 0 Å². The Balaban J connectivity index is 1.94. The molecule has 1 amide bonds. The second kappa shape index (κ2) is 6.03. The SMILES string of the molecule is O=C1CC(c2cccc(S(=O)(=O)O)c2)=NN1c1ccc([N+](=O)[O-])cn1. The topological polar surface area (TPSA) is 143 Å². The molecule has 1 N–H and O–H groups in total. The van der Waals surface area contributed by atoms with E-state index >= 15 is 0 Å². The summed E-state index contributed by atoms with van der Waals surface area (Å²) in [5.41, 5.74) is 0.420. The Morgan fingerprint density at radius 2 is 2.00 bits per heavy atom. The number of benzene rings is 1. The molecule has 128 valence electrons. The van der Waals surface area contributed by atoms with Crippen molar-refractivity contribution in [1.29, 1.82) is 0 Å². The Morgan fingerprint density at radius 3 is 2.60 bits per heavy atom. The van der Waals surface area contributed by atoms with E-state index in [0.717, 1.165) is 11.2 Å². The van der Waals surface area contributed by atoms with Crippen LogP contribution in [0.1, 0.15) is 12.0 Å². The van der Waals surface area contributed by atoms with Crippen LogP contribution < -0.4 is 5.01 Å². The third-order valence-electron chi connectivity index (χ3n) is 3.40. The first kappa shape index (κ1) is 16.7. The summed E-state index contributed by atoms with van der Waals surface area (Å²) in [4.78, 5) is 25.7. The van der Waals surface area contributed by atoms with Gasteiger partial charge in [0, 0.05) is 6.07 Å². The molecule has 1 aliphatic heterocycles. The summed E-state index contributed by atoms with van der Waals surface area (Å²) in [5.74, 6) is -0.315. The van der Waals surface area contributed by atoms with Gasteiger partial charge < -0.3 is 0 Å². The molecule has 11 heteroatoms. The summed E-state index contributed by atoms with van der Waals surface area (Å²) in [5, 5.41) is 15.7. The number of hydrogen-bond acceptors (Lipinski definition) is 7. The van der Waals surface area contributed by atoms with Gasteiger partial charge in [-0.25, -0.2) is 4.98 Å². The number of carbonyl (C=O) groups is 1. The summed E-state index contributed by atoms with van der Waals surface area (Å²) in [6.07, 6.45) is 0.905. The molecule has 3 rings (SSSR count). The van der Waals surface area contributed by atoms with Crippen LogP contribution in [0.2, 0.25) is 0 Å². The first-order chi connectivity index (χ1) is 11.8. The van der Waals surface area contributed by atoms with Gasteiger partial charge in [0.25, 0.3) is 21.7 Å². The lowest BCUT2D eigenvalue weighted by Gasteiger charge is -2.09. The molecule has 0 radical (unpaired) electrons. The number of aromatic nitrogens is 1. The quantitative estimate of drug-likeness (QED) is 0.491. The maximum atomic E-state index is 12.1. The number of anilines is 1. The molecule has 25 heavy (non-hydrogen) atoms. The molecule has 2 aromatic rings. The summed E-state index contributed by atoms with van der Waals surface area (Å²) in [6.45, 7) is 0. The zero-order valence-corrected chi connectivity index (χ0v) is 13.3. The Hall–Kier alpha value is -3.18. The number of hydrogen-bond donors (Lipinski definition) is 1. The van der Waals surface area contributed by atoms with Gasteiger partial charge in [-0.3, -0.25) is 19.5 Å². The number of amides is 1. The zero-order chi connectivity index (χ0) is 18.2. The first-order valence-corrected chi connectivity index (χ1v) is 8.28. The number of hydrazone groups is 1. The number of nitrogens with zero attached hydrogens (tertiary/aromatic N) is 4. The van der Waals surface area contributed by atoms with Crippen molar-refractivity contribution in [3.63, 3.8) is 0 Å². The minimum Gasteiger partial charge on any atom is -0.282 e. The average Bonchev–Trinajstić information content (AvgIpc) is 2.96. The second-order valence-electron chi connectivity index (χ2n) is 5.06. The van der Waals surface area contributed by atoms with Crippen LogP contribution >= 0.6 is 0 Å². The highest BCUT2D eigenvalue weighted by molar-refractivity contribution is 7.85. The lowest BCUT2D eigenvalue weighted by molar-refractivity contribution is -0.385. The van der Waals surface area contributed by atoms with E-state index in [1.165, 1.54) is 30.3 Å². The Bertz CT molecular complexity index is 1000. The van der Waals surface area contributed by atoms with Gasteiger partial charge in [0.15, 0.2) is 5.82 Å². The van der Waals surface area contributed by atoms with Crippen LogP contribution in [0, 0.1) is 10.1 Å². The molecule has 0 saturated carbocycles. The van der Waals surface area contributed by atoms with Gasteiger partial charge in [0.05, 0.1) is 22.0 Å². The van der Waals surface area contributed by atoms with Crippen LogP contribution in [-0.2, 0) is 14.9 Å². The molecular weight excluding hydrogens is 352 g/mol. The fraction of sp³-hybridized carbons (Fsp3) is 0.0714. The molecule has 0 atom stereocenters. The minimum atomic E-state index is -4.38. The van der Waals surface area contributed by atoms with Gasteiger partial charge in [0.1, 0.15) is 6.20 Å². The van der Waals surface area contributed by atoms with Crippen LogP contribution in [0.15, 0.2) is 52.6 Å². The van der Waals surface area contributed by atoms with E-state index in [-0.39, 0.29) is 28.5 Å².